The number of carbonyl (C=O) groups is 1. The van der Waals surface area contributed by atoms with E-state index in [1.165, 1.54) is 0 Å². The van der Waals surface area contributed by atoms with Gasteiger partial charge in [0.1, 0.15) is 13.2 Å². The Morgan fingerprint density at radius 2 is 2.00 bits per heavy atom. The molecule has 0 saturated heterocycles. The molecule has 0 saturated carbocycles. The van der Waals surface area contributed by atoms with Crippen LogP contribution in [-0.4, -0.2) is 18.4 Å². The van der Waals surface area contributed by atoms with Crippen LogP contribution in [0.2, 0.25) is 0 Å². The average Bonchev–Trinajstić information content (AvgIpc) is 2.61. The van der Waals surface area contributed by atoms with Gasteiger partial charge in [0.15, 0.2) is 0 Å². The maximum Gasteiger partial charge on any atom is 0.411 e. The third-order valence-corrected chi connectivity index (χ3v) is 3.13. The second kappa shape index (κ2) is 9.15. The van der Waals surface area contributed by atoms with Crippen molar-refractivity contribution in [2.75, 3.05) is 11.9 Å². The van der Waals surface area contributed by atoms with Crippen molar-refractivity contribution < 1.29 is 14.4 Å². The number of hydrogen-bond donors (Lipinski definition) is 1. The van der Waals surface area contributed by atoms with Crippen LogP contribution in [-0.2, 0) is 16.2 Å². The van der Waals surface area contributed by atoms with Gasteiger partial charge in [0.2, 0.25) is 0 Å². The first-order valence-corrected chi connectivity index (χ1v) is 7.54. The van der Waals surface area contributed by atoms with Gasteiger partial charge in [0.05, 0.1) is 5.71 Å². The molecule has 0 aliphatic rings. The molecule has 2 rings (SSSR count). The van der Waals surface area contributed by atoms with Gasteiger partial charge in [-0.05, 0) is 24.6 Å². The summed E-state index contributed by atoms with van der Waals surface area (Å²) >= 11 is 0. The number of nitrogens with one attached hydrogen (secondary N) is 1. The lowest BCUT2D eigenvalue weighted by atomic mass is 10.1. The zero-order valence-corrected chi connectivity index (χ0v) is 13.6. The van der Waals surface area contributed by atoms with Crippen LogP contribution in [0.15, 0.2) is 72.4 Å². The molecule has 0 aliphatic carbocycles. The fourth-order valence-corrected chi connectivity index (χ4v) is 1.94. The highest BCUT2D eigenvalue weighted by molar-refractivity contribution is 5.99. The van der Waals surface area contributed by atoms with E-state index >= 15 is 0 Å². The summed E-state index contributed by atoms with van der Waals surface area (Å²) in [7, 11) is 0. The Hall–Kier alpha value is -3.08. The van der Waals surface area contributed by atoms with E-state index in [0.29, 0.717) is 18.0 Å². The number of anilines is 1. The summed E-state index contributed by atoms with van der Waals surface area (Å²) in [5.74, 6) is 0. The Balaban J connectivity index is 1.92. The predicted octanol–water partition coefficient (Wildman–Crippen LogP) is 4.36. The van der Waals surface area contributed by atoms with Crippen molar-refractivity contribution in [2.24, 2.45) is 5.16 Å². The molecule has 0 atom stereocenters. The second-order valence-corrected chi connectivity index (χ2v) is 5.03. The Morgan fingerprint density at radius 3 is 2.75 bits per heavy atom. The van der Waals surface area contributed by atoms with E-state index in [2.05, 4.69) is 17.1 Å². The van der Waals surface area contributed by atoms with Crippen LogP contribution < -0.4 is 5.32 Å². The summed E-state index contributed by atoms with van der Waals surface area (Å²) in [5.41, 5.74) is 3.12. The van der Waals surface area contributed by atoms with Crippen LogP contribution >= 0.6 is 0 Å². The Labute approximate surface area is 141 Å². The summed E-state index contributed by atoms with van der Waals surface area (Å²) in [5, 5.41) is 6.68. The van der Waals surface area contributed by atoms with Gasteiger partial charge in [0.25, 0.3) is 0 Å². The van der Waals surface area contributed by atoms with Crippen molar-refractivity contribution in [1.82, 2.24) is 0 Å². The normalized spacial score (nSPS) is 10.8. The van der Waals surface area contributed by atoms with Crippen molar-refractivity contribution in [1.29, 1.82) is 0 Å². The highest BCUT2D eigenvalue weighted by Gasteiger charge is 2.06. The lowest BCUT2D eigenvalue weighted by Gasteiger charge is -2.08. The minimum atomic E-state index is -0.506. The van der Waals surface area contributed by atoms with Crippen molar-refractivity contribution in [3.05, 3.63) is 78.4 Å². The van der Waals surface area contributed by atoms with Crippen LogP contribution in [0.5, 0.6) is 0 Å². The Kier molecular flexibility index (Phi) is 6.58. The molecule has 0 fully saturated rings. The van der Waals surface area contributed by atoms with Crippen molar-refractivity contribution in [3.63, 3.8) is 0 Å². The average molecular weight is 324 g/mol. The lowest BCUT2D eigenvalue weighted by molar-refractivity contribution is 0.155. The second-order valence-electron chi connectivity index (χ2n) is 5.03. The van der Waals surface area contributed by atoms with E-state index in [9.17, 15) is 4.79 Å². The first kappa shape index (κ1) is 17.3. The maximum atomic E-state index is 11.9. The molecule has 2 aromatic rings. The number of nitrogens with zero attached hydrogens (tertiary/aromatic N) is 1. The summed E-state index contributed by atoms with van der Waals surface area (Å²) in [6.07, 6.45) is 1.12. The largest absolute Gasteiger partial charge is 0.444 e. The molecule has 2 aromatic carbocycles. The topological polar surface area (TPSA) is 59.9 Å². The highest BCUT2D eigenvalue weighted by atomic mass is 16.6. The molecule has 0 unspecified atom stereocenters. The minimum absolute atomic E-state index is 0.224. The monoisotopic (exact) mass is 324 g/mol. The van der Waals surface area contributed by atoms with Gasteiger partial charge in [0, 0.05) is 11.3 Å². The number of benzene rings is 2. The highest BCUT2D eigenvalue weighted by Crippen LogP contribution is 2.13. The molecule has 0 aliphatic heterocycles. The first-order chi connectivity index (χ1) is 11.7. The van der Waals surface area contributed by atoms with Crippen LogP contribution in [0.4, 0.5) is 10.5 Å². The van der Waals surface area contributed by atoms with Crippen LogP contribution in [0.25, 0.3) is 0 Å². The third kappa shape index (κ3) is 5.61. The number of amides is 1. The number of rotatable bonds is 7. The zero-order chi connectivity index (χ0) is 17.2. The van der Waals surface area contributed by atoms with Gasteiger partial charge >= 0.3 is 6.09 Å². The lowest BCUT2D eigenvalue weighted by Crippen LogP contribution is -2.13. The molecule has 5 nitrogen and oxygen atoms in total. The summed E-state index contributed by atoms with van der Waals surface area (Å²) in [4.78, 5) is 16.9. The van der Waals surface area contributed by atoms with Gasteiger partial charge in [-0.2, -0.15) is 0 Å². The smallest absolute Gasteiger partial charge is 0.411 e. The minimum Gasteiger partial charge on any atom is -0.444 e. The van der Waals surface area contributed by atoms with Gasteiger partial charge < -0.3 is 9.57 Å². The maximum absolute atomic E-state index is 11.9. The van der Waals surface area contributed by atoms with Crippen molar-refractivity contribution >= 4 is 17.5 Å². The Bertz CT molecular complexity index is 712. The third-order valence-electron chi connectivity index (χ3n) is 3.13. The summed E-state index contributed by atoms with van der Waals surface area (Å²) < 4.78 is 5.20. The first-order valence-electron chi connectivity index (χ1n) is 7.54. The number of ether oxygens (including phenoxy) is 1. The van der Waals surface area contributed by atoms with E-state index in [1.807, 2.05) is 49.4 Å². The van der Waals surface area contributed by atoms with Gasteiger partial charge in [-0.15, -0.1) is 0 Å². The standard InChI is InChI=1S/C19H20N2O3/c1-3-12-24-21-15(2)17-10-7-11-18(13-17)20-19(22)23-14-16-8-5-4-6-9-16/h3-11,13H,1,12,14H2,2H3,(H,20,22). The summed E-state index contributed by atoms with van der Waals surface area (Å²) in [6.45, 7) is 5.96. The van der Waals surface area contributed by atoms with Crippen LogP contribution in [0.1, 0.15) is 18.1 Å². The predicted molar refractivity (Wildman–Crippen MR) is 95.1 cm³/mol. The quantitative estimate of drug-likeness (QED) is 0.356. The molecular weight excluding hydrogens is 304 g/mol. The molecule has 1 amide bonds. The molecule has 0 radical (unpaired) electrons. The van der Waals surface area contributed by atoms with E-state index in [-0.39, 0.29) is 6.61 Å². The molecule has 0 aromatic heterocycles. The zero-order valence-electron chi connectivity index (χ0n) is 13.6. The number of carbonyl (C=O) groups excluding carboxylic acids is 1. The molecule has 0 heterocycles. The molecule has 24 heavy (non-hydrogen) atoms. The van der Waals surface area contributed by atoms with Crippen molar-refractivity contribution in [2.45, 2.75) is 13.5 Å². The van der Waals surface area contributed by atoms with E-state index in [4.69, 9.17) is 9.57 Å². The van der Waals surface area contributed by atoms with Crippen LogP contribution in [0, 0.1) is 0 Å². The fourth-order valence-electron chi connectivity index (χ4n) is 1.94. The SMILES string of the molecule is C=CCON=C(C)c1cccc(NC(=O)OCc2ccccc2)c1. The fraction of sp³-hybridized carbons (Fsp3) is 0.158. The molecule has 0 spiro atoms. The molecule has 5 heteroatoms. The Morgan fingerprint density at radius 1 is 1.21 bits per heavy atom. The molecule has 0 bridgehead atoms. The number of hydrogen-bond acceptors (Lipinski definition) is 4. The summed E-state index contributed by atoms with van der Waals surface area (Å²) in [6, 6.07) is 16.8. The molecule has 1 N–H and O–H groups in total. The van der Waals surface area contributed by atoms with Gasteiger partial charge in [-0.1, -0.05) is 60.3 Å². The number of oxime groups is 1. The van der Waals surface area contributed by atoms with Gasteiger partial charge in [-0.25, -0.2) is 4.79 Å². The van der Waals surface area contributed by atoms with Gasteiger partial charge in [-0.3, -0.25) is 5.32 Å². The van der Waals surface area contributed by atoms with E-state index < -0.39 is 6.09 Å². The van der Waals surface area contributed by atoms with Crippen LogP contribution in [0.3, 0.4) is 0 Å². The molecular formula is C19H20N2O3. The van der Waals surface area contributed by atoms with Crippen molar-refractivity contribution in [3.8, 4) is 0 Å². The van der Waals surface area contributed by atoms with E-state index in [1.54, 1.807) is 18.2 Å². The molecule has 124 valence electrons. The van der Waals surface area contributed by atoms with E-state index in [0.717, 1.165) is 11.1 Å².